The molecule has 3 rings (SSSR count). The highest BCUT2D eigenvalue weighted by molar-refractivity contribution is 5.95. The number of carbonyl (C=O) groups excluding carboxylic acids is 2. The average Bonchev–Trinajstić information content (AvgIpc) is 3.10. The molecular weight excluding hydrogens is 365 g/mol. The summed E-state index contributed by atoms with van der Waals surface area (Å²) in [5.74, 6) is -1.34. The highest BCUT2D eigenvalue weighted by atomic mass is 19.1. The third-order valence-corrected chi connectivity index (χ3v) is 3.84. The smallest absolute Gasteiger partial charge is 0.291 e. The third-order valence-electron chi connectivity index (χ3n) is 3.84. The van der Waals surface area contributed by atoms with Crippen LogP contribution in [0.2, 0.25) is 0 Å². The summed E-state index contributed by atoms with van der Waals surface area (Å²) in [7, 11) is 0. The van der Waals surface area contributed by atoms with E-state index in [1.165, 1.54) is 25.1 Å². The molecule has 2 N–H and O–H groups in total. The van der Waals surface area contributed by atoms with Crippen LogP contribution in [0.4, 0.5) is 4.39 Å². The summed E-state index contributed by atoms with van der Waals surface area (Å²) in [6.07, 6.45) is -1.03. The Morgan fingerprint density at radius 1 is 1.07 bits per heavy atom. The molecule has 0 saturated carbocycles. The van der Waals surface area contributed by atoms with E-state index in [1.807, 2.05) is 18.2 Å². The van der Waals surface area contributed by atoms with Gasteiger partial charge in [0.05, 0.1) is 0 Å². The lowest BCUT2D eigenvalue weighted by atomic mass is 10.2. The second kappa shape index (κ2) is 8.34. The lowest BCUT2D eigenvalue weighted by molar-refractivity contribution is -0.128. The molecule has 0 radical (unpaired) electrons. The zero-order chi connectivity index (χ0) is 20.1. The predicted molar refractivity (Wildman–Crippen MR) is 98.8 cm³/mol. The van der Waals surface area contributed by atoms with E-state index in [0.29, 0.717) is 11.7 Å². The van der Waals surface area contributed by atoms with E-state index in [0.717, 1.165) is 5.56 Å². The van der Waals surface area contributed by atoms with Crippen LogP contribution in [0.15, 0.2) is 59.0 Å². The Morgan fingerprint density at radius 2 is 1.75 bits per heavy atom. The largest absolute Gasteiger partial charge is 0.478 e. The van der Waals surface area contributed by atoms with E-state index in [2.05, 4.69) is 15.8 Å². The van der Waals surface area contributed by atoms with Crippen molar-refractivity contribution in [1.82, 2.24) is 15.8 Å². The van der Waals surface area contributed by atoms with Gasteiger partial charge in [-0.2, -0.15) is 0 Å². The Labute approximate surface area is 160 Å². The minimum atomic E-state index is -1.03. The molecule has 0 bridgehead atoms. The first-order chi connectivity index (χ1) is 13.5. The number of halogens is 1. The van der Waals surface area contributed by atoms with Crippen LogP contribution in [0, 0.1) is 12.7 Å². The van der Waals surface area contributed by atoms with Gasteiger partial charge in [-0.25, -0.2) is 9.37 Å². The van der Waals surface area contributed by atoms with Gasteiger partial charge < -0.3 is 9.15 Å². The van der Waals surface area contributed by atoms with Gasteiger partial charge in [-0.1, -0.05) is 30.3 Å². The van der Waals surface area contributed by atoms with E-state index < -0.39 is 23.7 Å². The van der Waals surface area contributed by atoms with E-state index in [9.17, 15) is 14.0 Å². The molecule has 1 atom stereocenters. The second-order valence-corrected chi connectivity index (χ2v) is 5.92. The fraction of sp³-hybridized carbons (Fsp3) is 0.150. The zero-order valence-corrected chi connectivity index (χ0v) is 15.2. The van der Waals surface area contributed by atoms with Crippen molar-refractivity contribution in [2.24, 2.45) is 0 Å². The Bertz CT molecular complexity index is 988. The third kappa shape index (κ3) is 4.35. The monoisotopic (exact) mass is 383 g/mol. The van der Waals surface area contributed by atoms with E-state index in [1.54, 1.807) is 25.1 Å². The molecule has 28 heavy (non-hydrogen) atoms. The Balaban J connectivity index is 1.60. The fourth-order valence-corrected chi connectivity index (χ4v) is 2.37. The summed E-state index contributed by atoms with van der Waals surface area (Å²) >= 11 is 0. The Hall–Kier alpha value is -3.68. The van der Waals surface area contributed by atoms with Crippen molar-refractivity contribution in [2.75, 3.05) is 0 Å². The minimum absolute atomic E-state index is 0.0434. The van der Waals surface area contributed by atoms with Gasteiger partial charge in [-0.15, -0.1) is 0 Å². The summed E-state index contributed by atoms with van der Waals surface area (Å²) in [6, 6.07) is 14.8. The quantitative estimate of drug-likeness (QED) is 0.661. The van der Waals surface area contributed by atoms with E-state index in [-0.39, 0.29) is 11.4 Å². The van der Waals surface area contributed by atoms with Crippen LogP contribution in [0.3, 0.4) is 0 Å². The zero-order valence-electron chi connectivity index (χ0n) is 15.2. The lowest BCUT2D eigenvalue weighted by Gasteiger charge is -2.15. The standard InChI is InChI=1S/C20H18FN3O4/c1-12-17(22-20(28-12)14-8-4-3-5-9-14)19(26)24-23-18(25)13(2)27-16-11-7-6-10-15(16)21/h3-11,13H,1-2H3,(H,23,25)(H,24,26). The van der Waals surface area contributed by atoms with Gasteiger partial charge in [0, 0.05) is 5.56 Å². The molecule has 2 aromatic carbocycles. The molecule has 0 aliphatic carbocycles. The maximum Gasteiger partial charge on any atom is 0.291 e. The molecule has 8 heteroatoms. The number of aromatic nitrogens is 1. The number of amides is 2. The van der Waals surface area contributed by atoms with Crippen molar-refractivity contribution in [3.05, 3.63) is 71.9 Å². The molecule has 1 aromatic heterocycles. The minimum Gasteiger partial charge on any atom is -0.478 e. The number of nitrogens with one attached hydrogen (secondary N) is 2. The predicted octanol–water partition coefficient (Wildman–Crippen LogP) is 3.02. The van der Waals surface area contributed by atoms with Gasteiger partial charge in [0.15, 0.2) is 23.4 Å². The van der Waals surface area contributed by atoms with Gasteiger partial charge in [-0.3, -0.25) is 20.4 Å². The first-order valence-electron chi connectivity index (χ1n) is 8.50. The topological polar surface area (TPSA) is 93.5 Å². The van der Waals surface area contributed by atoms with Crippen molar-refractivity contribution in [2.45, 2.75) is 20.0 Å². The molecule has 144 valence electrons. The Morgan fingerprint density at radius 3 is 2.46 bits per heavy atom. The first kappa shape index (κ1) is 19.1. The summed E-state index contributed by atoms with van der Waals surface area (Å²) in [4.78, 5) is 28.6. The number of hydrazine groups is 1. The fourth-order valence-electron chi connectivity index (χ4n) is 2.37. The van der Waals surface area contributed by atoms with Gasteiger partial charge in [0.1, 0.15) is 5.76 Å². The number of carbonyl (C=O) groups is 2. The van der Waals surface area contributed by atoms with Gasteiger partial charge in [-0.05, 0) is 38.1 Å². The van der Waals surface area contributed by atoms with Crippen molar-refractivity contribution in [3.8, 4) is 17.2 Å². The number of hydrogen-bond acceptors (Lipinski definition) is 5. The van der Waals surface area contributed by atoms with Gasteiger partial charge >= 0.3 is 0 Å². The van der Waals surface area contributed by atoms with E-state index in [4.69, 9.17) is 9.15 Å². The molecule has 0 aliphatic rings. The molecule has 0 saturated heterocycles. The maximum atomic E-state index is 13.6. The van der Waals surface area contributed by atoms with Crippen LogP contribution in [0.1, 0.15) is 23.2 Å². The van der Waals surface area contributed by atoms with Crippen LogP contribution in [-0.2, 0) is 4.79 Å². The lowest BCUT2D eigenvalue weighted by Crippen LogP contribution is -2.47. The molecule has 2 amide bonds. The van der Waals surface area contributed by atoms with Crippen molar-refractivity contribution < 1.29 is 23.1 Å². The number of aryl methyl sites for hydroxylation is 1. The van der Waals surface area contributed by atoms with Crippen molar-refractivity contribution >= 4 is 11.8 Å². The summed E-state index contributed by atoms with van der Waals surface area (Å²) < 4.78 is 24.4. The van der Waals surface area contributed by atoms with Gasteiger partial charge in [0.25, 0.3) is 11.8 Å². The second-order valence-electron chi connectivity index (χ2n) is 5.92. The molecule has 0 spiro atoms. The maximum absolute atomic E-state index is 13.6. The summed E-state index contributed by atoms with van der Waals surface area (Å²) in [6.45, 7) is 3.03. The van der Waals surface area contributed by atoms with Crippen molar-refractivity contribution in [1.29, 1.82) is 0 Å². The molecule has 0 aliphatic heterocycles. The number of para-hydroxylation sites is 1. The Kier molecular flexibility index (Phi) is 5.69. The highest BCUT2D eigenvalue weighted by Gasteiger charge is 2.21. The molecule has 1 unspecified atom stereocenters. The first-order valence-corrected chi connectivity index (χ1v) is 8.50. The number of rotatable bonds is 5. The van der Waals surface area contributed by atoms with Crippen LogP contribution < -0.4 is 15.6 Å². The summed E-state index contributed by atoms with van der Waals surface area (Å²) in [5, 5.41) is 0. The average molecular weight is 383 g/mol. The van der Waals surface area contributed by atoms with Crippen LogP contribution in [-0.4, -0.2) is 22.9 Å². The van der Waals surface area contributed by atoms with E-state index >= 15 is 0 Å². The molecular formula is C20H18FN3O4. The molecule has 0 fully saturated rings. The van der Waals surface area contributed by atoms with Crippen LogP contribution in [0.25, 0.3) is 11.5 Å². The highest BCUT2D eigenvalue weighted by Crippen LogP contribution is 2.21. The number of nitrogens with zero attached hydrogens (tertiary/aromatic N) is 1. The molecule has 3 aromatic rings. The normalized spacial score (nSPS) is 11.5. The molecule has 7 nitrogen and oxygen atoms in total. The summed E-state index contributed by atoms with van der Waals surface area (Å²) in [5.41, 5.74) is 5.25. The number of oxazole rings is 1. The number of benzene rings is 2. The molecule has 1 heterocycles. The van der Waals surface area contributed by atoms with Gasteiger partial charge in [0.2, 0.25) is 5.89 Å². The van der Waals surface area contributed by atoms with Crippen molar-refractivity contribution in [3.63, 3.8) is 0 Å². The number of ether oxygens (including phenoxy) is 1. The SMILES string of the molecule is Cc1oc(-c2ccccc2)nc1C(=O)NNC(=O)C(C)Oc1ccccc1F. The van der Waals surface area contributed by atoms with Crippen LogP contribution in [0.5, 0.6) is 5.75 Å². The van der Waals surface area contributed by atoms with Crippen LogP contribution >= 0.6 is 0 Å². The number of hydrogen-bond donors (Lipinski definition) is 2.